The maximum absolute atomic E-state index is 12.8. The van der Waals surface area contributed by atoms with Crippen molar-refractivity contribution in [3.8, 4) is 0 Å². The van der Waals surface area contributed by atoms with Crippen LogP contribution < -0.4 is 0 Å². The van der Waals surface area contributed by atoms with Gasteiger partial charge in [0.15, 0.2) is 6.61 Å². The Balaban J connectivity index is 1.74. The highest BCUT2D eigenvalue weighted by Gasteiger charge is 2.27. The molecule has 1 aliphatic heterocycles. The fourth-order valence-corrected chi connectivity index (χ4v) is 3.41. The number of carbonyl (C=O) groups excluding carboxylic acids is 2. The Hall–Kier alpha value is -2.63. The maximum Gasteiger partial charge on any atom is 0.339 e. The molecule has 0 bridgehead atoms. The van der Waals surface area contributed by atoms with Crippen molar-refractivity contribution in [1.29, 1.82) is 0 Å². The van der Waals surface area contributed by atoms with E-state index in [9.17, 15) is 9.59 Å². The number of ether oxygens (including phenoxy) is 2. The zero-order valence-corrected chi connectivity index (χ0v) is 17.3. The highest BCUT2D eigenvalue weighted by Crippen LogP contribution is 2.22. The molecule has 0 saturated carbocycles. The Morgan fingerprint density at radius 1 is 1.07 bits per heavy atom. The van der Waals surface area contributed by atoms with Crippen molar-refractivity contribution in [2.75, 3.05) is 19.7 Å². The fourth-order valence-electron chi connectivity index (χ4n) is 3.28. The van der Waals surface area contributed by atoms with E-state index in [1.165, 1.54) is 0 Å². The minimum atomic E-state index is -0.557. The zero-order chi connectivity index (χ0) is 20.8. The molecule has 0 aliphatic carbocycles. The van der Waals surface area contributed by atoms with Gasteiger partial charge in [-0.05, 0) is 43.2 Å². The second-order valence-electron chi connectivity index (χ2n) is 7.11. The SMILES string of the molecule is CC1CN(C(=O)COC(=O)/C(=C/c2ccccc2)c2ccc(Cl)cc2)CC(C)O1. The highest BCUT2D eigenvalue weighted by molar-refractivity contribution is 6.30. The van der Waals surface area contributed by atoms with Crippen molar-refractivity contribution >= 4 is 35.1 Å². The van der Waals surface area contributed by atoms with Crippen molar-refractivity contribution in [2.45, 2.75) is 26.1 Å². The molecule has 2 aromatic carbocycles. The van der Waals surface area contributed by atoms with E-state index in [-0.39, 0.29) is 24.7 Å². The minimum Gasteiger partial charge on any atom is -0.452 e. The van der Waals surface area contributed by atoms with Crippen LogP contribution in [0.4, 0.5) is 0 Å². The molecule has 0 aromatic heterocycles. The first-order valence-electron chi connectivity index (χ1n) is 9.55. The molecule has 0 radical (unpaired) electrons. The predicted octanol–water partition coefficient (Wildman–Crippen LogP) is 4.06. The quantitative estimate of drug-likeness (QED) is 0.421. The van der Waals surface area contributed by atoms with E-state index >= 15 is 0 Å². The number of carbonyl (C=O) groups is 2. The lowest BCUT2D eigenvalue weighted by Crippen LogP contribution is -2.49. The maximum atomic E-state index is 12.8. The lowest BCUT2D eigenvalue weighted by molar-refractivity contribution is -0.154. The summed E-state index contributed by atoms with van der Waals surface area (Å²) < 4.78 is 11.0. The molecule has 1 aliphatic rings. The molecule has 3 rings (SSSR count). The number of morpholine rings is 1. The van der Waals surface area contributed by atoms with E-state index in [1.807, 2.05) is 44.2 Å². The molecule has 0 N–H and O–H groups in total. The number of nitrogens with zero attached hydrogens (tertiary/aromatic N) is 1. The number of amides is 1. The molecule has 0 spiro atoms. The number of hydrogen-bond acceptors (Lipinski definition) is 4. The van der Waals surface area contributed by atoms with Crippen LogP contribution in [0.3, 0.4) is 0 Å². The standard InChI is InChI=1S/C23H24ClNO4/c1-16-13-25(14-17(2)29-16)22(26)15-28-23(27)21(12-18-6-4-3-5-7-18)19-8-10-20(24)11-9-19/h3-12,16-17H,13-15H2,1-2H3/b21-12+. The van der Waals surface area contributed by atoms with Crippen LogP contribution in [0.5, 0.6) is 0 Å². The van der Waals surface area contributed by atoms with Crippen LogP contribution in [0.1, 0.15) is 25.0 Å². The third-order valence-corrected chi connectivity index (χ3v) is 4.84. The monoisotopic (exact) mass is 413 g/mol. The summed E-state index contributed by atoms with van der Waals surface area (Å²) in [5.41, 5.74) is 1.89. The lowest BCUT2D eigenvalue weighted by Gasteiger charge is -2.35. The van der Waals surface area contributed by atoms with Gasteiger partial charge >= 0.3 is 5.97 Å². The van der Waals surface area contributed by atoms with Gasteiger partial charge in [0.25, 0.3) is 5.91 Å². The summed E-state index contributed by atoms with van der Waals surface area (Å²) in [6.45, 7) is 4.51. The molecule has 29 heavy (non-hydrogen) atoms. The van der Waals surface area contributed by atoms with Gasteiger partial charge in [-0.3, -0.25) is 4.79 Å². The van der Waals surface area contributed by atoms with Gasteiger partial charge in [0.2, 0.25) is 0 Å². The largest absolute Gasteiger partial charge is 0.452 e. The van der Waals surface area contributed by atoms with E-state index in [0.29, 0.717) is 29.2 Å². The van der Waals surface area contributed by atoms with E-state index in [2.05, 4.69) is 0 Å². The van der Waals surface area contributed by atoms with Crippen LogP contribution >= 0.6 is 11.6 Å². The Morgan fingerprint density at radius 2 is 1.69 bits per heavy atom. The molecular weight excluding hydrogens is 390 g/mol. The van der Waals surface area contributed by atoms with Crippen LogP contribution in [0, 0.1) is 0 Å². The van der Waals surface area contributed by atoms with Crippen molar-refractivity contribution in [1.82, 2.24) is 4.90 Å². The summed E-state index contributed by atoms with van der Waals surface area (Å²) in [6, 6.07) is 16.4. The highest BCUT2D eigenvalue weighted by atomic mass is 35.5. The molecule has 1 saturated heterocycles. The zero-order valence-electron chi connectivity index (χ0n) is 16.5. The molecule has 2 atom stereocenters. The molecular formula is C23H24ClNO4. The molecule has 2 aromatic rings. The average Bonchev–Trinajstić information content (AvgIpc) is 2.71. The van der Waals surface area contributed by atoms with E-state index < -0.39 is 5.97 Å². The minimum absolute atomic E-state index is 0.0407. The Morgan fingerprint density at radius 3 is 2.31 bits per heavy atom. The summed E-state index contributed by atoms with van der Waals surface area (Å²) in [5, 5.41) is 0.576. The first-order chi connectivity index (χ1) is 13.9. The van der Waals surface area contributed by atoms with Crippen LogP contribution in [-0.4, -0.2) is 48.7 Å². The van der Waals surface area contributed by atoms with Gasteiger partial charge in [0, 0.05) is 18.1 Å². The second kappa shape index (κ2) is 9.72. The Labute approximate surface area is 175 Å². The number of hydrogen-bond donors (Lipinski definition) is 0. The molecule has 1 fully saturated rings. The van der Waals surface area contributed by atoms with Gasteiger partial charge in [-0.2, -0.15) is 0 Å². The number of halogens is 1. The third kappa shape index (κ3) is 5.92. The molecule has 2 unspecified atom stereocenters. The lowest BCUT2D eigenvalue weighted by atomic mass is 10.0. The van der Waals surface area contributed by atoms with Gasteiger partial charge in [-0.15, -0.1) is 0 Å². The fraction of sp³-hybridized carbons (Fsp3) is 0.304. The van der Waals surface area contributed by atoms with Crippen LogP contribution in [0.15, 0.2) is 54.6 Å². The van der Waals surface area contributed by atoms with Gasteiger partial charge < -0.3 is 14.4 Å². The van der Waals surface area contributed by atoms with Crippen LogP contribution in [-0.2, 0) is 19.1 Å². The first-order valence-corrected chi connectivity index (χ1v) is 9.93. The normalized spacial score (nSPS) is 19.7. The van der Waals surface area contributed by atoms with E-state index in [0.717, 1.165) is 5.56 Å². The third-order valence-electron chi connectivity index (χ3n) is 4.58. The van der Waals surface area contributed by atoms with Gasteiger partial charge in [0.05, 0.1) is 17.8 Å². The van der Waals surface area contributed by atoms with Crippen LogP contribution in [0.25, 0.3) is 11.6 Å². The smallest absolute Gasteiger partial charge is 0.339 e. The van der Waals surface area contributed by atoms with E-state index in [4.69, 9.17) is 21.1 Å². The summed E-state index contributed by atoms with van der Waals surface area (Å²) in [5.74, 6) is -0.783. The molecule has 152 valence electrons. The summed E-state index contributed by atoms with van der Waals surface area (Å²) in [4.78, 5) is 27.0. The van der Waals surface area contributed by atoms with Crippen molar-refractivity contribution in [2.24, 2.45) is 0 Å². The van der Waals surface area contributed by atoms with Crippen molar-refractivity contribution < 1.29 is 19.1 Å². The Kier molecular flexibility index (Phi) is 7.07. The Bertz CT molecular complexity index is 870. The average molecular weight is 414 g/mol. The van der Waals surface area contributed by atoms with E-state index in [1.54, 1.807) is 35.2 Å². The van der Waals surface area contributed by atoms with Gasteiger partial charge in [0.1, 0.15) is 0 Å². The number of benzene rings is 2. The van der Waals surface area contributed by atoms with Gasteiger partial charge in [-0.25, -0.2) is 4.79 Å². The molecule has 1 amide bonds. The summed E-state index contributed by atoms with van der Waals surface area (Å²) in [7, 11) is 0. The second-order valence-corrected chi connectivity index (χ2v) is 7.54. The van der Waals surface area contributed by atoms with Crippen LogP contribution in [0.2, 0.25) is 5.02 Å². The summed E-state index contributed by atoms with van der Waals surface area (Å²) in [6.07, 6.45) is 1.66. The molecule has 1 heterocycles. The first kappa shape index (κ1) is 21.1. The predicted molar refractivity (Wildman–Crippen MR) is 113 cm³/mol. The van der Waals surface area contributed by atoms with Gasteiger partial charge in [-0.1, -0.05) is 54.1 Å². The number of esters is 1. The number of rotatable bonds is 5. The van der Waals surface area contributed by atoms with Crippen molar-refractivity contribution in [3.05, 3.63) is 70.7 Å². The molecule has 5 nitrogen and oxygen atoms in total. The topological polar surface area (TPSA) is 55.8 Å². The van der Waals surface area contributed by atoms with Crippen molar-refractivity contribution in [3.63, 3.8) is 0 Å². The molecule has 6 heteroatoms. The summed E-state index contributed by atoms with van der Waals surface area (Å²) >= 11 is 5.97.